The molecule has 0 bridgehead atoms. The molecular weight excluding hydrogens is 695 g/mol. The average Bonchev–Trinajstić information content (AvgIpc) is 3.30. The lowest BCUT2D eigenvalue weighted by Crippen LogP contribution is -2.35. The molecule has 228 valence electrons. The van der Waals surface area contributed by atoms with E-state index >= 15 is 0 Å². The molecule has 0 aliphatic heterocycles. The highest BCUT2D eigenvalue weighted by Crippen LogP contribution is 2.68. The summed E-state index contributed by atoms with van der Waals surface area (Å²) >= 11 is 4.12. The molecule has 6 rings (SSSR count). The Morgan fingerprint density at radius 3 is 2.49 bits per heavy atom. The van der Waals surface area contributed by atoms with Crippen LogP contribution in [0.4, 0.5) is 30.7 Å². The highest BCUT2D eigenvalue weighted by Gasteiger charge is 2.68. The summed E-state index contributed by atoms with van der Waals surface area (Å²) < 4.78 is 124. The molecule has 3 atom stereocenters. The van der Waals surface area contributed by atoms with Gasteiger partial charge in [0, 0.05) is 28.3 Å². The van der Waals surface area contributed by atoms with Crippen molar-refractivity contribution in [3.8, 4) is 0 Å². The van der Waals surface area contributed by atoms with E-state index in [2.05, 4.69) is 36.3 Å². The summed E-state index contributed by atoms with van der Waals surface area (Å²) in [7, 11) is -3.70. The SMILES string of the molecule is CS(=O)(=O)c1nc2nc(C(Cc3cc(F)cc(F)c3)NC(=O)Cn3nc(C(F)(F)F)c4c3C(F)(F)C3C[C@H]43)c(Br)cc2s1. The third-order valence-electron chi connectivity index (χ3n) is 7.18. The van der Waals surface area contributed by atoms with Crippen molar-refractivity contribution in [2.45, 2.75) is 47.8 Å². The summed E-state index contributed by atoms with van der Waals surface area (Å²) in [4.78, 5) is 21.6. The third-order valence-corrected chi connectivity index (χ3v) is 10.5. The Morgan fingerprint density at radius 2 is 1.86 bits per heavy atom. The quantitative estimate of drug-likeness (QED) is 0.248. The zero-order valence-corrected chi connectivity index (χ0v) is 24.7. The fourth-order valence-corrected chi connectivity index (χ4v) is 7.94. The maximum atomic E-state index is 15.0. The van der Waals surface area contributed by atoms with E-state index in [-0.39, 0.29) is 38.6 Å². The van der Waals surface area contributed by atoms with Crippen LogP contribution >= 0.6 is 27.3 Å². The Balaban J connectivity index is 1.37. The van der Waals surface area contributed by atoms with Gasteiger partial charge in [0.15, 0.2) is 11.3 Å². The predicted octanol–water partition coefficient (Wildman–Crippen LogP) is 5.66. The maximum absolute atomic E-state index is 15.0. The molecule has 0 spiro atoms. The van der Waals surface area contributed by atoms with E-state index in [1.165, 1.54) is 6.07 Å². The highest BCUT2D eigenvalue weighted by molar-refractivity contribution is 9.10. The largest absolute Gasteiger partial charge is 0.435 e. The Kier molecular flexibility index (Phi) is 6.93. The number of rotatable bonds is 7. The first kappa shape index (κ1) is 29.9. The summed E-state index contributed by atoms with van der Waals surface area (Å²) in [6, 6.07) is 2.85. The van der Waals surface area contributed by atoms with Gasteiger partial charge in [-0.1, -0.05) is 0 Å². The topological polar surface area (TPSA) is 107 Å². The number of fused-ring (bicyclic) bond motifs is 4. The molecule has 1 amide bonds. The molecule has 18 heteroatoms. The lowest BCUT2D eigenvalue weighted by atomic mass is 10.0. The van der Waals surface area contributed by atoms with Gasteiger partial charge in [0.1, 0.15) is 23.9 Å². The van der Waals surface area contributed by atoms with Gasteiger partial charge in [-0.05, 0) is 58.5 Å². The predicted molar refractivity (Wildman–Crippen MR) is 141 cm³/mol. The van der Waals surface area contributed by atoms with Crippen molar-refractivity contribution in [3.63, 3.8) is 0 Å². The van der Waals surface area contributed by atoms with Crippen molar-refractivity contribution in [2.24, 2.45) is 5.92 Å². The molecule has 2 unspecified atom stereocenters. The van der Waals surface area contributed by atoms with Crippen LogP contribution in [0.3, 0.4) is 0 Å². The Bertz CT molecular complexity index is 1910. The zero-order chi connectivity index (χ0) is 31.2. The first-order chi connectivity index (χ1) is 19.9. The van der Waals surface area contributed by atoms with Crippen molar-refractivity contribution >= 4 is 53.4 Å². The zero-order valence-electron chi connectivity index (χ0n) is 21.5. The molecule has 2 aliphatic rings. The smallest absolute Gasteiger partial charge is 0.346 e. The number of nitrogens with one attached hydrogen (secondary N) is 1. The van der Waals surface area contributed by atoms with Gasteiger partial charge in [-0.3, -0.25) is 9.48 Å². The molecule has 1 N–H and O–H groups in total. The van der Waals surface area contributed by atoms with Crippen molar-refractivity contribution in [1.29, 1.82) is 0 Å². The summed E-state index contributed by atoms with van der Waals surface area (Å²) in [5.74, 6) is -8.81. The number of hydrogen-bond donors (Lipinski definition) is 1. The molecule has 2 aliphatic carbocycles. The lowest BCUT2D eigenvalue weighted by Gasteiger charge is -2.21. The van der Waals surface area contributed by atoms with Gasteiger partial charge in [0.05, 0.1) is 16.4 Å². The summed E-state index contributed by atoms with van der Waals surface area (Å²) in [6.07, 6.45) is -4.49. The number of halogens is 8. The van der Waals surface area contributed by atoms with Crippen LogP contribution in [0.25, 0.3) is 10.3 Å². The van der Waals surface area contributed by atoms with Crippen LogP contribution in [0, 0.1) is 17.6 Å². The molecule has 1 fully saturated rings. The minimum atomic E-state index is -5.02. The van der Waals surface area contributed by atoms with Crippen LogP contribution < -0.4 is 5.32 Å². The molecule has 1 saturated carbocycles. The number of alkyl halides is 5. The van der Waals surface area contributed by atoms with Gasteiger partial charge < -0.3 is 5.32 Å². The average molecular weight is 712 g/mol. The second-order valence-corrected chi connectivity index (χ2v) is 14.4. The summed E-state index contributed by atoms with van der Waals surface area (Å²) in [6.45, 7) is -1.02. The van der Waals surface area contributed by atoms with Crippen LogP contribution in [0.15, 0.2) is 33.1 Å². The van der Waals surface area contributed by atoms with Crippen molar-refractivity contribution in [2.75, 3.05) is 6.26 Å². The first-order valence-corrected chi connectivity index (χ1v) is 15.9. The third kappa shape index (κ3) is 5.41. The number of benzene rings is 1. The maximum Gasteiger partial charge on any atom is 0.435 e. The number of amides is 1. The van der Waals surface area contributed by atoms with Gasteiger partial charge in [0.25, 0.3) is 5.92 Å². The van der Waals surface area contributed by atoms with E-state index < -0.39 is 80.9 Å². The van der Waals surface area contributed by atoms with Gasteiger partial charge in [-0.15, -0.1) is 11.3 Å². The standard InChI is InChI=1S/C25H17BrF7N5O3S2/c1-43(40,41)23-36-22-16(42-23)7-14(26)19(35-22)15(4-9-2-10(27)5-11(28)3-9)34-17(39)8-38-21-18(20(37-38)25(31,32)33)12-6-13(12)24(21,29)30/h2-3,5,7,12-13,15H,4,6,8H2,1H3,(H,34,39)/t12-,13?,15?/m0/s1. The number of sulfone groups is 1. The second kappa shape index (κ2) is 9.95. The lowest BCUT2D eigenvalue weighted by molar-refractivity contribution is -0.142. The number of nitrogens with zero attached hydrogens (tertiary/aromatic N) is 4. The van der Waals surface area contributed by atoms with Gasteiger partial charge in [0.2, 0.25) is 20.1 Å². The van der Waals surface area contributed by atoms with E-state index in [9.17, 15) is 43.9 Å². The van der Waals surface area contributed by atoms with Crippen LogP contribution in [0.2, 0.25) is 0 Å². The molecule has 0 radical (unpaired) electrons. The fourth-order valence-electron chi connectivity index (χ4n) is 5.39. The Hall–Kier alpha value is -3.12. The minimum absolute atomic E-state index is 0.0214. The molecule has 4 aromatic rings. The van der Waals surface area contributed by atoms with Crippen molar-refractivity contribution < 1.29 is 43.9 Å². The monoisotopic (exact) mass is 711 g/mol. The number of aromatic nitrogens is 4. The van der Waals surface area contributed by atoms with Crippen molar-refractivity contribution in [3.05, 3.63) is 68.6 Å². The Morgan fingerprint density at radius 1 is 1.19 bits per heavy atom. The molecule has 43 heavy (non-hydrogen) atoms. The van der Waals surface area contributed by atoms with E-state index in [0.29, 0.717) is 15.4 Å². The molecule has 3 aromatic heterocycles. The van der Waals surface area contributed by atoms with Crippen LogP contribution in [0.5, 0.6) is 0 Å². The van der Waals surface area contributed by atoms with E-state index in [1.54, 1.807) is 0 Å². The number of pyridine rings is 1. The van der Waals surface area contributed by atoms with Gasteiger partial charge in [-0.25, -0.2) is 27.2 Å². The second-order valence-electron chi connectivity index (χ2n) is 10.4. The number of hydrogen-bond acceptors (Lipinski definition) is 7. The number of carbonyl (C=O) groups is 1. The van der Waals surface area contributed by atoms with Gasteiger partial charge >= 0.3 is 6.18 Å². The molecular formula is C25H17BrF7N5O3S2. The van der Waals surface area contributed by atoms with Crippen LogP contribution in [-0.2, 0) is 39.7 Å². The van der Waals surface area contributed by atoms with E-state index in [0.717, 1.165) is 29.7 Å². The molecule has 0 saturated heterocycles. The van der Waals surface area contributed by atoms with Crippen molar-refractivity contribution in [1.82, 2.24) is 25.1 Å². The molecule has 3 heterocycles. The van der Waals surface area contributed by atoms with E-state index in [4.69, 9.17) is 0 Å². The molecule has 8 nitrogen and oxygen atoms in total. The number of thiazole rings is 1. The minimum Gasteiger partial charge on any atom is -0.346 e. The highest BCUT2D eigenvalue weighted by atomic mass is 79.9. The van der Waals surface area contributed by atoms with Gasteiger partial charge in [-0.2, -0.15) is 27.1 Å². The van der Waals surface area contributed by atoms with Crippen LogP contribution in [0.1, 0.15) is 46.6 Å². The molecule has 1 aromatic carbocycles. The van der Waals surface area contributed by atoms with E-state index in [1.807, 2.05) is 0 Å². The normalized spacial score (nSPS) is 19.7. The Labute approximate surface area is 250 Å². The summed E-state index contributed by atoms with van der Waals surface area (Å²) in [5, 5.41) is 5.84. The van der Waals surface area contributed by atoms with Crippen LogP contribution in [-0.4, -0.2) is 40.3 Å². The first-order valence-electron chi connectivity index (χ1n) is 12.4. The fraction of sp³-hybridized carbons (Fsp3) is 0.360. The summed E-state index contributed by atoms with van der Waals surface area (Å²) in [5.41, 5.74) is -2.97. The number of carbonyl (C=O) groups excluding carboxylic acids is 1.